The monoisotopic (exact) mass is 311 g/mol. The number of benzene rings is 2. The minimum Gasteiger partial charge on any atom is -0.495 e. The maximum absolute atomic E-state index is 12.7. The van der Waals surface area contributed by atoms with E-state index >= 15 is 0 Å². The van der Waals surface area contributed by atoms with Gasteiger partial charge in [0.15, 0.2) is 0 Å². The van der Waals surface area contributed by atoms with E-state index in [1.165, 1.54) is 12.0 Å². The minimum atomic E-state index is -0.692. The molecule has 0 saturated heterocycles. The van der Waals surface area contributed by atoms with E-state index in [4.69, 9.17) is 10.5 Å². The predicted molar refractivity (Wildman–Crippen MR) is 87.6 cm³/mol. The standard InChI is InChI=1S/C17H17N3O3/c1-23-15-9-5-3-7-12(15)19-17(22)20-13-8-4-2-6-11(13)10-14(20)16(18)21/h2-9,14H,10H2,1H3,(H2,18,21)(H,19,22)/t14-/m1/s1. The number of amides is 3. The molecule has 118 valence electrons. The fourth-order valence-electron chi connectivity index (χ4n) is 2.79. The number of methoxy groups -OCH3 is 1. The number of hydrogen-bond acceptors (Lipinski definition) is 3. The third-order valence-corrected chi connectivity index (χ3v) is 3.87. The first-order valence-electron chi connectivity index (χ1n) is 7.22. The number of para-hydroxylation sites is 3. The van der Waals surface area contributed by atoms with Crippen molar-refractivity contribution in [2.75, 3.05) is 17.3 Å². The number of nitrogens with zero attached hydrogens (tertiary/aromatic N) is 1. The van der Waals surface area contributed by atoms with E-state index in [-0.39, 0.29) is 0 Å². The second-order valence-corrected chi connectivity index (χ2v) is 5.25. The molecule has 2 aromatic rings. The Morgan fingerprint density at radius 2 is 1.87 bits per heavy atom. The van der Waals surface area contributed by atoms with Gasteiger partial charge in [0.05, 0.1) is 12.8 Å². The lowest BCUT2D eigenvalue weighted by Crippen LogP contribution is -2.47. The van der Waals surface area contributed by atoms with Crippen molar-refractivity contribution in [3.05, 3.63) is 54.1 Å². The Balaban J connectivity index is 1.92. The van der Waals surface area contributed by atoms with Gasteiger partial charge in [0, 0.05) is 12.1 Å². The summed E-state index contributed by atoms with van der Waals surface area (Å²) in [5, 5.41) is 2.78. The van der Waals surface area contributed by atoms with E-state index in [1.807, 2.05) is 24.3 Å². The molecule has 1 heterocycles. The highest BCUT2D eigenvalue weighted by Gasteiger charge is 2.37. The molecule has 0 radical (unpaired) electrons. The van der Waals surface area contributed by atoms with Crippen molar-refractivity contribution in [2.45, 2.75) is 12.5 Å². The number of urea groups is 1. The summed E-state index contributed by atoms with van der Waals surface area (Å²) in [5.41, 5.74) is 7.62. The van der Waals surface area contributed by atoms with Gasteiger partial charge in [-0.1, -0.05) is 30.3 Å². The van der Waals surface area contributed by atoms with Gasteiger partial charge in [-0.3, -0.25) is 9.69 Å². The Bertz CT molecular complexity index is 760. The molecule has 0 fully saturated rings. The molecular formula is C17H17N3O3. The van der Waals surface area contributed by atoms with Crippen molar-refractivity contribution in [1.29, 1.82) is 0 Å². The SMILES string of the molecule is COc1ccccc1NC(=O)N1c2ccccc2C[C@@H]1C(N)=O. The largest absolute Gasteiger partial charge is 0.495 e. The van der Waals surface area contributed by atoms with Crippen LogP contribution < -0.4 is 20.7 Å². The number of hydrogen-bond donors (Lipinski definition) is 2. The van der Waals surface area contributed by atoms with E-state index in [0.29, 0.717) is 23.5 Å². The third kappa shape index (κ3) is 2.70. The first-order valence-corrected chi connectivity index (χ1v) is 7.22. The van der Waals surface area contributed by atoms with Gasteiger partial charge in [-0.25, -0.2) is 4.79 Å². The average Bonchev–Trinajstić information content (AvgIpc) is 2.95. The summed E-state index contributed by atoms with van der Waals surface area (Å²) >= 11 is 0. The van der Waals surface area contributed by atoms with Crippen LogP contribution in [0.2, 0.25) is 0 Å². The second kappa shape index (κ2) is 6.00. The molecule has 0 spiro atoms. The zero-order valence-corrected chi connectivity index (χ0v) is 12.7. The van der Waals surface area contributed by atoms with Crippen LogP contribution in [0.3, 0.4) is 0 Å². The number of anilines is 2. The Morgan fingerprint density at radius 3 is 2.61 bits per heavy atom. The van der Waals surface area contributed by atoms with E-state index < -0.39 is 18.0 Å². The van der Waals surface area contributed by atoms with Crippen molar-refractivity contribution in [2.24, 2.45) is 5.73 Å². The first-order chi connectivity index (χ1) is 11.1. The summed E-state index contributed by atoms with van der Waals surface area (Å²) in [6.07, 6.45) is 0.421. The van der Waals surface area contributed by atoms with Gasteiger partial charge in [0.25, 0.3) is 0 Å². The second-order valence-electron chi connectivity index (χ2n) is 5.25. The lowest BCUT2D eigenvalue weighted by atomic mass is 10.1. The highest BCUT2D eigenvalue weighted by atomic mass is 16.5. The van der Waals surface area contributed by atoms with Crippen molar-refractivity contribution >= 4 is 23.3 Å². The number of primary amides is 1. The van der Waals surface area contributed by atoms with Crippen LogP contribution in [0.4, 0.5) is 16.2 Å². The van der Waals surface area contributed by atoms with Crippen LogP contribution in [0.1, 0.15) is 5.56 Å². The lowest BCUT2D eigenvalue weighted by molar-refractivity contribution is -0.119. The number of ether oxygens (including phenoxy) is 1. The molecule has 23 heavy (non-hydrogen) atoms. The molecule has 0 bridgehead atoms. The zero-order valence-electron chi connectivity index (χ0n) is 12.7. The molecule has 3 rings (SSSR count). The normalized spacial score (nSPS) is 15.9. The van der Waals surface area contributed by atoms with Crippen molar-refractivity contribution < 1.29 is 14.3 Å². The molecule has 1 aliphatic heterocycles. The molecule has 6 nitrogen and oxygen atoms in total. The number of nitrogens with two attached hydrogens (primary N) is 1. The number of fused-ring (bicyclic) bond motifs is 1. The van der Waals surface area contributed by atoms with Crippen LogP contribution in [-0.4, -0.2) is 25.1 Å². The van der Waals surface area contributed by atoms with Crippen LogP contribution >= 0.6 is 0 Å². The quantitative estimate of drug-likeness (QED) is 0.911. The number of carbonyl (C=O) groups excluding carboxylic acids is 2. The topological polar surface area (TPSA) is 84.7 Å². The molecule has 0 aliphatic carbocycles. The third-order valence-electron chi connectivity index (χ3n) is 3.87. The summed E-state index contributed by atoms with van der Waals surface area (Å²) in [6.45, 7) is 0. The van der Waals surface area contributed by atoms with Crippen molar-refractivity contribution in [1.82, 2.24) is 0 Å². The number of nitrogens with one attached hydrogen (secondary N) is 1. The Labute approximate surface area is 133 Å². The summed E-state index contributed by atoms with van der Waals surface area (Å²) in [7, 11) is 1.53. The summed E-state index contributed by atoms with van der Waals surface area (Å²) in [6, 6.07) is 13.4. The van der Waals surface area contributed by atoms with Gasteiger partial charge in [-0.2, -0.15) is 0 Å². The molecule has 3 amide bonds. The van der Waals surface area contributed by atoms with Gasteiger partial charge in [-0.15, -0.1) is 0 Å². The van der Waals surface area contributed by atoms with Crippen molar-refractivity contribution in [3.8, 4) is 5.75 Å². The minimum absolute atomic E-state index is 0.414. The summed E-state index contributed by atoms with van der Waals surface area (Å²) in [4.78, 5) is 25.9. The van der Waals surface area contributed by atoms with Gasteiger partial charge >= 0.3 is 6.03 Å². The Kier molecular flexibility index (Phi) is 3.89. The van der Waals surface area contributed by atoms with Crippen LogP contribution in [0.15, 0.2) is 48.5 Å². The van der Waals surface area contributed by atoms with E-state index in [2.05, 4.69) is 5.32 Å². The predicted octanol–water partition coefficient (Wildman–Crippen LogP) is 2.14. The summed E-state index contributed by atoms with van der Waals surface area (Å²) < 4.78 is 5.23. The van der Waals surface area contributed by atoms with Crippen LogP contribution in [0.25, 0.3) is 0 Å². The fraction of sp³-hybridized carbons (Fsp3) is 0.176. The van der Waals surface area contributed by atoms with E-state index in [0.717, 1.165) is 5.56 Å². The molecule has 0 aromatic heterocycles. The average molecular weight is 311 g/mol. The van der Waals surface area contributed by atoms with Crippen molar-refractivity contribution in [3.63, 3.8) is 0 Å². The molecule has 0 unspecified atom stereocenters. The molecular weight excluding hydrogens is 294 g/mol. The molecule has 1 atom stereocenters. The summed E-state index contributed by atoms with van der Waals surface area (Å²) in [5.74, 6) is 0.0142. The van der Waals surface area contributed by atoms with Gasteiger partial charge in [-0.05, 0) is 23.8 Å². The molecule has 2 aromatic carbocycles. The van der Waals surface area contributed by atoms with E-state index in [1.54, 1.807) is 24.3 Å². The fourth-order valence-corrected chi connectivity index (χ4v) is 2.79. The Morgan fingerprint density at radius 1 is 1.17 bits per heavy atom. The van der Waals surface area contributed by atoms with Gasteiger partial charge in [0.1, 0.15) is 11.8 Å². The lowest BCUT2D eigenvalue weighted by Gasteiger charge is -2.24. The maximum Gasteiger partial charge on any atom is 0.327 e. The van der Waals surface area contributed by atoms with Crippen LogP contribution in [0.5, 0.6) is 5.75 Å². The smallest absolute Gasteiger partial charge is 0.327 e. The zero-order chi connectivity index (χ0) is 16.4. The van der Waals surface area contributed by atoms with Gasteiger partial charge in [0.2, 0.25) is 5.91 Å². The number of carbonyl (C=O) groups is 2. The molecule has 1 aliphatic rings. The molecule has 0 saturated carbocycles. The van der Waals surface area contributed by atoms with Gasteiger partial charge < -0.3 is 15.8 Å². The molecule has 3 N–H and O–H groups in total. The first kappa shape index (κ1) is 14.9. The van der Waals surface area contributed by atoms with Crippen LogP contribution in [0, 0.1) is 0 Å². The highest BCUT2D eigenvalue weighted by molar-refractivity contribution is 6.08. The van der Waals surface area contributed by atoms with E-state index in [9.17, 15) is 9.59 Å². The molecule has 6 heteroatoms. The maximum atomic E-state index is 12.7. The Hall–Kier alpha value is -3.02. The highest BCUT2D eigenvalue weighted by Crippen LogP contribution is 2.33. The number of rotatable bonds is 3. The van der Waals surface area contributed by atoms with Crippen LogP contribution in [-0.2, 0) is 11.2 Å².